The molecule has 0 saturated heterocycles. The number of carbonyl (C=O) groups excluding carboxylic acids is 1. The highest BCUT2D eigenvalue weighted by Gasteiger charge is 2.13. The molecule has 0 unspecified atom stereocenters. The zero-order chi connectivity index (χ0) is 19.8. The number of amides is 1. The molecule has 0 radical (unpaired) electrons. The Morgan fingerprint density at radius 1 is 1.04 bits per heavy atom. The van der Waals surface area contributed by atoms with Gasteiger partial charge in [-0.25, -0.2) is 9.97 Å². The topological polar surface area (TPSA) is 76.1 Å². The van der Waals surface area contributed by atoms with Gasteiger partial charge in [0.05, 0.1) is 6.61 Å². The van der Waals surface area contributed by atoms with Crippen LogP contribution in [0, 0.1) is 6.92 Å². The first-order valence-electron chi connectivity index (χ1n) is 9.17. The Morgan fingerprint density at radius 3 is 2.61 bits per heavy atom. The van der Waals surface area contributed by atoms with Gasteiger partial charge in [-0.05, 0) is 12.5 Å². The van der Waals surface area contributed by atoms with Gasteiger partial charge >= 0.3 is 0 Å². The fourth-order valence-electron chi connectivity index (χ4n) is 2.75. The third-order valence-corrected chi connectivity index (χ3v) is 4.14. The van der Waals surface area contributed by atoms with Crippen molar-refractivity contribution in [1.29, 1.82) is 0 Å². The number of benzene rings is 2. The summed E-state index contributed by atoms with van der Waals surface area (Å²) in [6.07, 6.45) is 0. The third-order valence-electron chi connectivity index (χ3n) is 4.14. The number of anilines is 1. The lowest BCUT2D eigenvalue weighted by Gasteiger charge is -2.11. The minimum Gasteiger partial charge on any atom is -0.383 e. The summed E-state index contributed by atoms with van der Waals surface area (Å²) in [5.41, 5.74) is 3.38. The second-order valence-corrected chi connectivity index (χ2v) is 6.42. The smallest absolute Gasteiger partial charge is 0.270 e. The molecule has 28 heavy (non-hydrogen) atoms. The van der Waals surface area contributed by atoms with Crippen LogP contribution in [0.3, 0.4) is 0 Å². The Hall–Kier alpha value is -3.25. The average Bonchev–Trinajstić information content (AvgIpc) is 2.73. The number of methoxy groups -OCH3 is 1. The lowest BCUT2D eigenvalue weighted by atomic mass is 10.1. The monoisotopic (exact) mass is 376 g/mol. The second kappa shape index (κ2) is 9.62. The van der Waals surface area contributed by atoms with Gasteiger partial charge in [0.25, 0.3) is 5.91 Å². The Labute approximate surface area is 165 Å². The maximum absolute atomic E-state index is 12.7. The van der Waals surface area contributed by atoms with Gasteiger partial charge in [-0.15, -0.1) is 0 Å². The van der Waals surface area contributed by atoms with Crippen LogP contribution in [0.5, 0.6) is 0 Å². The van der Waals surface area contributed by atoms with Gasteiger partial charge in [-0.3, -0.25) is 4.79 Å². The predicted molar refractivity (Wildman–Crippen MR) is 110 cm³/mol. The van der Waals surface area contributed by atoms with Crippen LogP contribution in [-0.2, 0) is 11.3 Å². The molecule has 1 aromatic heterocycles. The summed E-state index contributed by atoms with van der Waals surface area (Å²) in [5, 5.41) is 6.11. The minimum atomic E-state index is -0.240. The Bertz CT molecular complexity index is 929. The zero-order valence-corrected chi connectivity index (χ0v) is 16.1. The van der Waals surface area contributed by atoms with Crippen molar-refractivity contribution in [2.24, 2.45) is 0 Å². The lowest BCUT2D eigenvalue weighted by Crippen LogP contribution is -2.24. The molecule has 2 N–H and O–H groups in total. The summed E-state index contributed by atoms with van der Waals surface area (Å²) in [7, 11) is 1.64. The molecule has 144 valence electrons. The maximum Gasteiger partial charge on any atom is 0.270 e. The Morgan fingerprint density at radius 2 is 1.86 bits per heavy atom. The van der Waals surface area contributed by atoms with Crippen molar-refractivity contribution >= 4 is 11.7 Å². The third kappa shape index (κ3) is 5.37. The van der Waals surface area contributed by atoms with Gasteiger partial charge in [-0.1, -0.05) is 60.2 Å². The van der Waals surface area contributed by atoms with Crippen LogP contribution in [-0.4, -0.2) is 36.1 Å². The van der Waals surface area contributed by atoms with E-state index >= 15 is 0 Å². The van der Waals surface area contributed by atoms with E-state index in [1.165, 1.54) is 0 Å². The number of hydrogen-bond acceptors (Lipinski definition) is 5. The summed E-state index contributed by atoms with van der Waals surface area (Å²) >= 11 is 0. The highest BCUT2D eigenvalue weighted by atomic mass is 16.5. The molecule has 0 aliphatic rings. The molecular weight excluding hydrogens is 352 g/mol. The van der Waals surface area contributed by atoms with Crippen LogP contribution < -0.4 is 10.6 Å². The molecule has 0 atom stereocenters. The Kier molecular flexibility index (Phi) is 6.70. The molecule has 0 aliphatic carbocycles. The molecule has 1 amide bonds. The van der Waals surface area contributed by atoms with Crippen LogP contribution in [0.1, 0.15) is 21.6 Å². The van der Waals surface area contributed by atoms with Crippen LogP contribution in [0.15, 0.2) is 60.7 Å². The van der Waals surface area contributed by atoms with E-state index in [-0.39, 0.29) is 5.91 Å². The van der Waals surface area contributed by atoms with Gasteiger partial charge in [-0.2, -0.15) is 0 Å². The van der Waals surface area contributed by atoms with Crippen molar-refractivity contribution in [3.05, 3.63) is 77.5 Å². The lowest BCUT2D eigenvalue weighted by molar-refractivity contribution is 0.0946. The number of ether oxygens (including phenoxy) is 1. The largest absolute Gasteiger partial charge is 0.383 e. The molecule has 0 aliphatic heterocycles. The zero-order valence-electron chi connectivity index (χ0n) is 16.1. The van der Waals surface area contributed by atoms with Crippen molar-refractivity contribution in [3.63, 3.8) is 0 Å². The first-order valence-corrected chi connectivity index (χ1v) is 9.17. The molecule has 1 heterocycles. The molecule has 6 heteroatoms. The van der Waals surface area contributed by atoms with Crippen LogP contribution in [0.4, 0.5) is 5.82 Å². The maximum atomic E-state index is 12.7. The number of hydrogen-bond donors (Lipinski definition) is 2. The highest BCUT2D eigenvalue weighted by Crippen LogP contribution is 2.18. The number of nitrogens with one attached hydrogen (secondary N) is 2. The average molecular weight is 376 g/mol. The van der Waals surface area contributed by atoms with E-state index in [1.807, 2.05) is 61.5 Å². The number of rotatable bonds is 8. The van der Waals surface area contributed by atoms with Crippen LogP contribution in [0.25, 0.3) is 11.4 Å². The highest BCUT2D eigenvalue weighted by molar-refractivity contribution is 5.93. The predicted octanol–water partition coefficient (Wildman–Crippen LogP) is 3.44. The molecule has 3 aromatic rings. The van der Waals surface area contributed by atoms with Gasteiger partial charge < -0.3 is 15.4 Å². The van der Waals surface area contributed by atoms with Crippen molar-refractivity contribution in [1.82, 2.24) is 15.3 Å². The van der Waals surface area contributed by atoms with Crippen molar-refractivity contribution in [2.45, 2.75) is 13.5 Å². The van der Waals surface area contributed by atoms with E-state index < -0.39 is 0 Å². The first kappa shape index (κ1) is 19.5. The minimum absolute atomic E-state index is 0.240. The summed E-state index contributed by atoms with van der Waals surface area (Å²) in [4.78, 5) is 21.7. The molecule has 0 saturated carbocycles. The second-order valence-electron chi connectivity index (χ2n) is 6.42. The summed E-state index contributed by atoms with van der Waals surface area (Å²) in [6, 6.07) is 19.3. The van der Waals surface area contributed by atoms with E-state index in [2.05, 4.69) is 20.6 Å². The number of aryl methyl sites for hydroxylation is 1. The number of aromatic nitrogens is 2. The molecule has 0 fully saturated rings. The van der Waals surface area contributed by atoms with Gasteiger partial charge in [0.2, 0.25) is 0 Å². The van der Waals surface area contributed by atoms with Gasteiger partial charge in [0.1, 0.15) is 11.5 Å². The molecule has 3 rings (SSSR count). The SMILES string of the molecule is COCCNc1cc(C(=O)NCc2cccc(C)c2)nc(-c2ccccc2)n1. The fourth-order valence-corrected chi connectivity index (χ4v) is 2.75. The van der Waals surface area contributed by atoms with E-state index in [1.54, 1.807) is 13.2 Å². The van der Waals surface area contributed by atoms with Crippen LogP contribution >= 0.6 is 0 Å². The molecule has 0 bridgehead atoms. The van der Waals surface area contributed by atoms with E-state index in [0.29, 0.717) is 37.0 Å². The summed E-state index contributed by atoms with van der Waals surface area (Å²) in [5.74, 6) is 0.853. The van der Waals surface area contributed by atoms with Crippen molar-refractivity contribution in [2.75, 3.05) is 25.6 Å². The van der Waals surface area contributed by atoms with E-state index in [9.17, 15) is 4.79 Å². The molecule has 2 aromatic carbocycles. The van der Waals surface area contributed by atoms with Crippen molar-refractivity contribution < 1.29 is 9.53 Å². The molecule has 6 nitrogen and oxygen atoms in total. The van der Waals surface area contributed by atoms with Gasteiger partial charge in [0, 0.05) is 31.8 Å². The van der Waals surface area contributed by atoms with Crippen LogP contribution in [0.2, 0.25) is 0 Å². The Balaban J connectivity index is 1.81. The summed E-state index contributed by atoms with van der Waals surface area (Å²) in [6.45, 7) is 3.60. The molecular formula is C22H24N4O2. The standard InChI is InChI=1S/C22H24N4O2/c1-16-7-6-8-17(13-16)15-24-22(27)19-14-20(23-11-12-28-2)26-21(25-19)18-9-4-3-5-10-18/h3-10,13-14H,11-12,15H2,1-2H3,(H,24,27)(H,23,25,26). The first-order chi connectivity index (χ1) is 13.7. The number of nitrogens with zero attached hydrogens (tertiary/aromatic N) is 2. The van der Waals surface area contributed by atoms with Gasteiger partial charge in [0.15, 0.2) is 5.82 Å². The fraction of sp³-hybridized carbons (Fsp3) is 0.227. The van der Waals surface area contributed by atoms with E-state index in [0.717, 1.165) is 16.7 Å². The number of carbonyl (C=O) groups is 1. The normalized spacial score (nSPS) is 10.5. The molecule has 0 spiro atoms. The van der Waals surface area contributed by atoms with Crippen molar-refractivity contribution in [3.8, 4) is 11.4 Å². The van der Waals surface area contributed by atoms with E-state index in [4.69, 9.17) is 4.74 Å². The summed E-state index contributed by atoms with van der Waals surface area (Å²) < 4.78 is 5.07. The quantitative estimate of drug-likeness (QED) is 0.589.